The molecule has 0 radical (unpaired) electrons. The molecule has 1 aliphatic heterocycles. The van der Waals surface area contributed by atoms with Gasteiger partial charge in [0.05, 0.1) is 9.77 Å². The minimum absolute atomic E-state index is 0.218. The number of amides is 1. The van der Waals surface area contributed by atoms with E-state index in [1.807, 2.05) is 14.1 Å². The maximum Gasteiger partial charge on any atom is 0.261 e. The summed E-state index contributed by atoms with van der Waals surface area (Å²) < 4.78 is 27.2. The second-order valence-electron chi connectivity index (χ2n) is 5.70. The SMILES string of the molecule is CNC(=O)c1cc(S(=O)(=O)N2CCCC[C@H](N(C)C)C2)cs1. The molecule has 0 saturated carbocycles. The zero-order valence-electron chi connectivity index (χ0n) is 13.2. The molecule has 2 rings (SSSR count). The molecule has 1 fully saturated rings. The fraction of sp³-hybridized carbons (Fsp3) is 0.643. The van der Waals surface area contributed by atoms with E-state index in [9.17, 15) is 13.2 Å². The van der Waals surface area contributed by atoms with Crippen LogP contribution in [0.2, 0.25) is 0 Å². The first kappa shape index (κ1) is 17.4. The summed E-state index contributed by atoms with van der Waals surface area (Å²) >= 11 is 1.16. The molecule has 1 amide bonds. The topological polar surface area (TPSA) is 69.7 Å². The van der Waals surface area contributed by atoms with Crippen LogP contribution < -0.4 is 5.32 Å². The molecule has 2 heterocycles. The lowest BCUT2D eigenvalue weighted by Gasteiger charge is -2.27. The number of rotatable bonds is 4. The molecule has 124 valence electrons. The smallest absolute Gasteiger partial charge is 0.261 e. The third-order valence-electron chi connectivity index (χ3n) is 4.00. The van der Waals surface area contributed by atoms with Crippen LogP contribution in [0.3, 0.4) is 0 Å². The monoisotopic (exact) mass is 345 g/mol. The van der Waals surface area contributed by atoms with Crippen LogP contribution in [0.25, 0.3) is 0 Å². The van der Waals surface area contributed by atoms with Gasteiger partial charge in [-0.1, -0.05) is 6.42 Å². The average Bonchev–Trinajstić information content (AvgIpc) is 2.84. The van der Waals surface area contributed by atoms with Crippen LogP contribution in [0, 0.1) is 0 Å². The maximum absolute atomic E-state index is 12.8. The zero-order chi connectivity index (χ0) is 16.3. The van der Waals surface area contributed by atoms with Crippen molar-refractivity contribution in [1.29, 1.82) is 0 Å². The molecule has 8 heteroatoms. The summed E-state index contributed by atoms with van der Waals surface area (Å²) in [7, 11) is 1.96. The molecule has 0 aliphatic carbocycles. The van der Waals surface area contributed by atoms with E-state index in [-0.39, 0.29) is 16.8 Å². The second-order valence-corrected chi connectivity index (χ2v) is 8.55. The highest BCUT2D eigenvalue weighted by Gasteiger charge is 2.30. The quantitative estimate of drug-likeness (QED) is 0.891. The Bertz CT molecular complexity index is 625. The van der Waals surface area contributed by atoms with Crippen molar-refractivity contribution in [3.8, 4) is 0 Å². The van der Waals surface area contributed by atoms with E-state index in [0.29, 0.717) is 18.0 Å². The average molecular weight is 345 g/mol. The minimum atomic E-state index is -3.54. The van der Waals surface area contributed by atoms with E-state index in [1.54, 1.807) is 9.69 Å². The molecule has 0 bridgehead atoms. The zero-order valence-corrected chi connectivity index (χ0v) is 14.8. The molecule has 1 aromatic heterocycles. The van der Waals surface area contributed by atoms with Gasteiger partial charge in [-0.25, -0.2) is 8.42 Å². The Hall–Kier alpha value is -0.960. The molecule has 1 aliphatic rings. The Morgan fingerprint density at radius 1 is 1.41 bits per heavy atom. The van der Waals surface area contributed by atoms with Gasteiger partial charge in [0.2, 0.25) is 10.0 Å². The number of thiophene rings is 1. The van der Waals surface area contributed by atoms with Crippen molar-refractivity contribution in [3.05, 3.63) is 16.3 Å². The van der Waals surface area contributed by atoms with Gasteiger partial charge in [-0.3, -0.25) is 4.79 Å². The summed E-state index contributed by atoms with van der Waals surface area (Å²) in [6, 6.07) is 1.70. The van der Waals surface area contributed by atoms with Crippen molar-refractivity contribution in [2.45, 2.75) is 30.2 Å². The third kappa shape index (κ3) is 3.68. The van der Waals surface area contributed by atoms with Gasteiger partial charge in [0.25, 0.3) is 5.91 Å². The molecule has 1 aromatic rings. The molecule has 1 saturated heterocycles. The summed E-state index contributed by atoms with van der Waals surface area (Å²) in [5, 5.41) is 4.07. The predicted octanol–water partition coefficient (Wildman–Crippen LogP) is 1.21. The molecule has 0 spiro atoms. The highest BCUT2D eigenvalue weighted by Crippen LogP contribution is 2.25. The molecule has 0 aromatic carbocycles. The van der Waals surface area contributed by atoms with E-state index < -0.39 is 10.0 Å². The van der Waals surface area contributed by atoms with Crippen molar-refractivity contribution in [2.24, 2.45) is 0 Å². The Kier molecular flexibility index (Phi) is 5.60. The fourth-order valence-electron chi connectivity index (χ4n) is 2.57. The number of carbonyl (C=O) groups excluding carboxylic acids is 1. The van der Waals surface area contributed by atoms with E-state index in [1.165, 1.54) is 13.1 Å². The minimum Gasteiger partial charge on any atom is -0.354 e. The van der Waals surface area contributed by atoms with Gasteiger partial charge in [0.1, 0.15) is 0 Å². The molecule has 22 heavy (non-hydrogen) atoms. The first-order chi connectivity index (χ1) is 10.4. The Labute approximate surface area is 136 Å². The van der Waals surface area contributed by atoms with Crippen molar-refractivity contribution in [2.75, 3.05) is 34.2 Å². The number of nitrogens with one attached hydrogen (secondary N) is 1. The summed E-state index contributed by atoms with van der Waals surface area (Å²) in [4.78, 5) is 14.3. The first-order valence-electron chi connectivity index (χ1n) is 7.33. The van der Waals surface area contributed by atoms with Crippen molar-refractivity contribution >= 4 is 27.3 Å². The van der Waals surface area contributed by atoms with Crippen LogP contribution >= 0.6 is 11.3 Å². The van der Waals surface area contributed by atoms with E-state index in [0.717, 1.165) is 30.6 Å². The third-order valence-corrected chi connectivity index (χ3v) is 6.92. The Morgan fingerprint density at radius 2 is 2.14 bits per heavy atom. The van der Waals surface area contributed by atoms with Crippen LogP contribution in [-0.4, -0.2) is 63.8 Å². The van der Waals surface area contributed by atoms with Crippen molar-refractivity contribution < 1.29 is 13.2 Å². The van der Waals surface area contributed by atoms with Crippen LogP contribution in [0.1, 0.15) is 28.9 Å². The summed E-state index contributed by atoms with van der Waals surface area (Å²) in [6.07, 6.45) is 2.91. The number of sulfonamides is 1. The van der Waals surface area contributed by atoms with Gasteiger partial charge in [0.15, 0.2) is 0 Å². The number of hydrogen-bond acceptors (Lipinski definition) is 5. The molecule has 6 nitrogen and oxygen atoms in total. The number of nitrogens with zero attached hydrogens (tertiary/aromatic N) is 2. The van der Waals surface area contributed by atoms with Gasteiger partial charge in [-0.05, 0) is 33.0 Å². The summed E-state index contributed by atoms with van der Waals surface area (Å²) in [5.74, 6) is -0.256. The number of carbonyl (C=O) groups is 1. The molecule has 0 unspecified atom stereocenters. The van der Waals surface area contributed by atoms with E-state index >= 15 is 0 Å². The van der Waals surface area contributed by atoms with Crippen LogP contribution in [-0.2, 0) is 10.0 Å². The highest BCUT2D eigenvalue weighted by atomic mass is 32.2. The second kappa shape index (κ2) is 7.08. The van der Waals surface area contributed by atoms with Crippen molar-refractivity contribution in [3.63, 3.8) is 0 Å². The van der Waals surface area contributed by atoms with E-state index in [4.69, 9.17) is 0 Å². The largest absolute Gasteiger partial charge is 0.354 e. The number of hydrogen-bond donors (Lipinski definition) is 1. The van der Waals surface area contributed by atoms with Crippen LogP contribution in [0.15, 0.2) is 16.3 Å². The molecule has 1 N–H and O–H groups in total. The highest BCUT2D eigenvalue weighted by molar-refractivity contribution is 7.89. The summed E-state index contributed by atoms with van der Waals surface area (Å²) in [6.45, 7) is 1.04. The lowest BCUT2D eigenvalue weighted by Crippen LogP contribution is -2.41. The van der Waals surface area contributed by atoms with Crippen LogP contribution in [0.4, 0.5) is 0 Å². The van der Waals surface area contributed by atoms with Gasteiger partial charge in [-0.15, -0.1) is 11.3 Å². The standard InChI is InChI=1S/C14H23N3O3S2/c1-15-14(18)13-8-12(10-21-13)22(19,20)17-7-5-4-6-11(9-17)16(2)3/h8,10-11H,4-7,9H2,1-3H3,(H,15,18)/t11-/m0/s1. The molecule has 1 atom stereocenters. The van der Waals surface area contributed by atoms with Gasteiger partial charge >= 0.3 is 0 Å². The summed E-state index contributed by atoms with van der Waals surface area (Å²) in [5.41, 5.74) is 0. The number of likely N-dealkylation sites (N-methyl/N-ethyl adjacent to an activating group) is 1. The van der Waals surface area contributed by atoms with E-state index in [2.05, 4.69) is 10.2 Å². The molecular weight excluding hydrogens is 322 g/mol. The Balaban J connectivity index is 2.24. The van der Waals surface area contributed by atoms with Gasteiger partial charge in [0, 0.05) is 31.6 Å². The molecular formula is C14H23N3O3S2. The van der Waals surface area contributed by atoms with Gasteiger partial charge in [-0.2, -0.15) is 4.31 Å². The lowest BCUT2D eigenvalue weighted by atomic mass is 10.1. The van der Waals surface area contributed by atoms with Crippen molar-refractivity contribution in [1.82, 2.24) is 14.5 Å². The fourth-order valence-corrected chi connectivity index (χ4v) is 5.29. The lowest BCUT2D eigenvalue weighted by molar-refractivity contribution is 0.0967. The maximum atomic E-state index is 12.8. The van der Waals surface area contributed by atoms with Crippen LogP contribution in [0.5, 0.6) is 0 Å². The predicted molar refractivity (Wildman–Crippen MR) is 87.8 cm³/mol. The normalized spacial score (nSPS) is 20.8. The Morgan fingerprint density at radius 3 is 2.77 bits per heavy atom. The first-order valence-corrected chi connectivity index (χ1v) is 9.65. The van der Waals surface area contributed by atoms with Gasteiger partial charge < -0.3 is 10.2 Å².